The molecule has 1 unspecified atom stereocenters. The third-order valence-corrected chi connectivity index (χ3v) is 13.2. The van der Waals surface area contributed by atoms with Gasteiger partial charge in [-0.3, -0.25) is 43.3 Å². The van der Waals surface area contributed by atoms with Crippen LogP contribution in [0.15, 0.2) is 65.8 Å². The largest absolute Gasteiger partial charge is 0.462 e. The van der Waals surface area contributed by atoms with Crippen LogP contribution in [-0.2, 0) is 68.6 Å². The number of unbranched alkanes of at least 4 members (excludes halogenated alkanes) is 2. The number of ether oxygens (including phenoxy) is 3. The third-order valence-electron chi connectivity index (χ3n) is 13.2. The van der Waals surface area contributed by atoms with E-state index in [2.05, 4.69) is 16.0 Å². The minimum atomic E-state index is -1.34. The summed E-state index contributed by atoms with van der Waals surface area (Å²) in [5.41, 5.74) is 1.37. The zero-order valence-electron chi connectivity index (χ0n) is 44.7. The first kappa shape index (κ1) is 60.6. The molecule has 7 amide bonds. The van der Waals surface area contributed by atoms with Crippen LogP contribution >= 0.6 is 0 Å². The van der Waals surface area contributed by atoms with Crippen LogP contribution in [0.25, 0.3) is 0 Å². The monoisotopic (exact) mass is 1020 g/mol. The van der Waals surface area contributed by atoms with Crippen LogP contribution in [-0.4, -0.2) is 144 Å². The molecule has 0 radical (unpaired) electrons. The molecular weight excluding hydrogens is 941 g/mol. The highest BCUT2D eigenvalue weighted by molar-refractivity contribution is 6.12. The van der Waals surface area contributed by atoms with Crippen molar-refractivity contribution in [2.24, 2.45) is 17.8 Å². The number of carbonyl (C=O) groups is 10. The SMILES string of the molecule is C/C=C(\C)[C@H]1OC(=O)[C@@H](C)NC(=O)[C@H](C(C)CC)NC(=O)CN(C)C(=O)[C@@H](Cc2ccccc2)N(C)C(=O)[C@H](C)NC(=O)[C@@H](CC(C)C)OC(=O)/C(C)=C/C[C@H](OC(=O)CCCCCN2C(=O)C=CC2=O)[C@@H]1C. The van der Waals surface area contributed by atoms with E-state index in [0.29, 0.717) is 36.8 Å². The summed E-state index contributed by atoms with van der Waals surface area (Å²) in [5.74, 6) is -7.71. The molecule has 3 rings (SSSR count). The van der Waals surface area contributed by atoms with Crippen LogP contribution in [0.3, 0.4) is 0 Å². The second-order valence-electron chi connectivity index (χ2n) is 19.6. The Kier molecular flexibility index (Phi) is 24.2. The van der Waals surface area contributed by atoms with Gasteiger partial charge in [-0.1, -0.05) is 89.9 Å². The number of nitrogens with zero attached hydrogens (tertiary/aromatic N) is 3. The normalized spacial score (nSPS) is 26.4. The van der Waals surface area contributed by atoms with E-state index >= 15 is 0 Å². The molecule has 0 fully saturated rings. The van der Waals surface area contributed by atoms with Gasteiger partial charge in [-0.25, -0.2) is 9.59 Å². The number of hydrogen-bond acceptors (Lipinski definition) is 13. The maximum absolute atomic E-state index is 14.3. The fourth-order valence-electron chi connectivity index (χ4n) is 8.29. The lowest BCUT2D eigenvalue weighted by Crippen LogP contribution is -2.57. The van der Waals surface area contributed by atoms with Crippen molar-refractivity contribution in [3.05, 3.63) is 71.3 Å². The van der Waals surface area contributed by atoms with Gasteiger partial charge in [0.05, 0.1) is 6.54 Å². The number of carbonyl (C=O) groups excluding carboxylic acids is 10. The minimum Gasteiger partial charge on any atom is -0.462 e. The number of allylic oxidation sites excluding steroid dienone is 1. The van der Waals surface area contributed by atoms with Gasteiger partial charge >= 0.3 is 17.9 Å². The molecule has 2 aliphatic heterocycles. The van der Waals surface area contributed by atoms with Gasteiger partial charge in [-0.05, 0) is 76.9 Å². The van der Waals surface area contributed by atoms with E-state index in [0.717, 1.165) is 9.80 Å². The summed E-state index contributed by atoms with van der Waals surface area (Å²) in [6, 6.07) is 4.23. The Balaban J connectivity index is 2.05. The topological polar surface area (TPSA) is 244 Å². The van der Waals surface area contributed by atoms with Crippen molar-refractivity contribution in [2.75, 3.05) is 27.2 Å². The van der Waals surface area contributed by atoms with Crippen LogP contribution in [0.2, 0.25) is 0 Å². The summed E-state index contributed by atoms with van der Waals surface area (Å²) < 4.78 is 18.0. The molecule has 0 aliphatic carbocycles. The highest BCUT2D eigenvalue weighted by Crippen LogP contribution is 2.27. The lowest BCUT2D eigenvalue weighted by atomic mass is 9.90. The standard InChI is InChI=1S/C54H78N6O13/c1-13-33(5)47-50(66)56-38(10)54(70)73-48(34(6)14-2)36(8)41(71-46(64)23-19-16-20-28-60-44(62)26-27-45(60)63)25-24-35(7)53(69)72-42(29-32(3)4)49(65)55-37(9)51(67)59(12)40(30-39-21-17-15-18-22-39)52(68)58(11)31-43(61)57-47/h14-15,17-18,21-22,24,26-27,32-33,36-38,40-42,47-48H,13,16,19-20,23,25,28-31H2,1-12H3,(H,55,65)(H,56,66)(H,57,61)/b34-14+,35-24+/t33?,36-,37-,38+,40+,41-,42+,47-,48+/m0/s1. The van der Waals surface area contributed by atoms with E-state index < -0.39 is 120 Å². The van der Waals surface area contributed by atoms with Crippen LogP contribution in [0, 0.1) is 17.8 Å². The average Bonchev–Trinajstić information content (AvgIpc) is 3.67. The number of rotatable bonds is 14. The zero-order valence-corrected chi connectivity index (χ0v) is 44.7. The number of amides is 7. The van der Waals surface area contributed by atoms with Gasteiger partial charge in [-0.15, -0.1) is 0 Å². The van der Waals surface area contributed by atoms with Gasteiger partial charge in [0.1, 0.15) is 36.4 Å². The molecule has 1 aromatic rings. The van der Waals surface area contributed by atoms with Gasteiger partial charge in [0.15, 0.2) is 6.10 Å². The van der Waals surface area contributed by atoms with Crippen LogP contribution in [0.1, 0.15) is 120 Å². The number of benzene rings is 1. The molecule has 9 atom stereocenters. The molecule has 1 aromatic carbocycles. The lowest BCUT2D eigenvalue weighted by molar-refractivity contribution is -0.161. The van der Waals surface area contributed by atoms with Crippen LogP contribution in [0.4, 0.5) is 0 Å². The summed E-state index contributed by atoms with van der Waals surface area (Å²) in [5, 5.41) is 8.08. The predicted octanol–water partition coefficient (Wildman–Crippen LogP) is 4.27. The Bertz CT molecular complexity index is 2220. The van der Waals surface area contributed by atoms with E-state index in [1.807, 2.05) is 20.8 Å². The molecule has 2 heterocycles. The minimum absolute atomic E-state index is 0.0267. The van der Waals surface area contributed by atoms with E-state index in [1.165, 1.54) is 58.0 Å². The van der Waals surface area contributed by atoms with Crippen molar-refractivity contribution in [3.63, 3.8) is 0 Å². The van der Waals surface area contributed by atoms with Gasteiger partial charge in [-0.2, -0.15) is 0 Å². The molecular formula is C54H78N6O13. The Hall–Kier alpha value is -6.66. The van der Waals surface area contributed by atoms with Crippen molar-refractivity contribution in [1.29, 1.82) is 0 Å². The third kappa shape index (κ3) is 18.4. The van der Waals surface area contributed by atoms with Crippen molar-refractivity contribution in [2.45, 2.75) is 163 Å². The average molecular weight is 1020 g/mol. The Morgan fingerprint density at radius 3 is 2.07 bits per heavy atom. The molecule has 73 heavy (non-hydrogen) atoms. The van der Waals surface area contributed by atoms with Crippen molar-refractivity contribution < 1.29 is 62.2 Å². The second-order valence-corrected chi connectivity index (χ2v) is 19.6. The van der Waals surface area contributed by atoms with Gasteiger partial charge in [0.25, 0.3) is 17.7 Å². The van der Waals surface area contributed by atoms with E-state index in [9.17, 15) is 47.9 Å². The van der Waals surface area contributed by atoms with E-state index in [4.69, 9.17) is 14.2 Å². The number of imide groups is 1. The smallest absolute Gasteiger partial charge is 0.334 e. The Labute approximate surface area is 430 Å². The van der Waals surface area contributed by atoms with Crippen LogP contribution < -0.4 is 16.0 Å². The number of cyclic esters (lactones) is 2. The highest BCUT2D eigenvalue weighted by Gasteiger charge is 2.38. The molecule has 0 spiro atoms. The summed E-state index contributed by atoms with van der Waals surface area (Å²) in [4.78, 5) is 139. The van der Waals surface area contributed by atoms with Crippen molar-refractivity contribution in [1.82, 2.24) is 30.7 Å². The lowest BCUT2D eigenvalue weighted by Gasteiger charge is -2.33. The van der Waals surface area contributed by atoms with Crippen molar-refractivity contribution >= 4 is 59.3 Å². The number of nitrogens with one attached hydrogen (secondary N) is 3. The van der Waals surface area contributed by atoms with Crippen molar-refractivity contribution in [3.8, 4) is 0 Å². The fraction of sp³-hybridized carbons (Fsp3) is 0.593. The quantitative estimate of drug-likeness (QED) is 0.0776. The molecule has 0 saturated carbocycles. The van der Waals surface area contributed by atoms with Gasteiger partial charge < -0.3 is 40.0 Å². The molecule has 19 heteroatoms. The highest BCUT2D eigenvalue weighted by atomic mass is 16.6. The van der Waals surface area contributed by atoms with Gasteiger partial charge in [0, 0.05) is 63.5 Å². The second kappa shape index (κ2) is 29.1. The van der Waals surface area contributed by atoms with E-state index in [-0.39, 0.29) is 43.7 Å². The zero-order chi connectivity index (χ0) is 54.7. The first-order valence-corrected chi connectivity index (χ1v) is 25.3. The number of hydrogen-bond donors (Lipinski definition) is 3. The molecule has 0 bridgehead atoms. The summed E-state index contributed by atoms with van der Waals surface area (Å²) in [7, 11) is 2.82. The predicted molar refractivity (Wildman–Crippen MR) is 271 cm³/mol. The van der Waals surface area contributed by atoms with E-state index in [1.54, 1.807) is 64.1 Å². The first-order valence-electron chi connectivity index (χ1n) is 25.3. The summed E-state index contributed by atoms with van der Waals surface area (Å²) >= 11 is 0. The number of likely N-dealkylation sites (N-methyl/N-ethyl adjacent to an activating group) is 2. The molecule has 0 aromatic heterocycles. The van der Waals surface area contributed by atoms with Gasteiger partial charge in [0.2, 0.25) is 23.6 Å². The number of esters is 3. The maximum Gasteiger partial charge on any atom is 0.334 e. The Morgan fingerprint density at radius 2 is 1.47 bits per heavy atom. The molecule has 0 saturated heterocycles. The molecule has 19 nitrogen and oxygen atoms in total. The first-order chi connectivity index (χ1) is 34.4. The summed E-state index contributed by atoms with van der Waals surface area (Å²) in [6.45, 7) is 16.5. The fourth-order valence-corrected chi connectivity index (χ4v) is 8.29. The molecule has 2 aliphatic rings. The Morgan fingerprint density at radius 1 is 0.836 bits per heavy atom. The molecule has 3 N–H and O–H groups in total. The maximum atomic E-state index is 14.3. The summed E-state index contributed by atoms with van der Waals surface area (Å²) in [6.07, 6.45) is 4.13. The van der Waals surface area contributed by atoms with Crippen LogP contribution in [0.5, 0.6) is 0 Å². The molecule has 402 valence electrons.